The summed E-state index contributed by atoms with van der Waals surface area (Å²) >= 11 is 0. The van der Waals surface area contributed by atoms with E-state index in [4.69, 9.17) is 11.1 Å². The fourth-order valence-electron chi connectivity index (χ4n) is 2.73. The van der Waals surface area contributed by atoms with Crippen molar-refractivity contribution in [3.63, 3.8) is 0 Å². The molecule has 3 aromatic rings. The number of amidine groups is 1. The lowest BCUT2D eigenvalue weighted by molar-refractivity contribution is 0.0950. The van der Waals surface area contributed by atoms with Crippen molar-refractivity contribution in [2.75, 3.05) is 6.54 Å². The number of unbranched alkanes of at least 4 members (excludes halogenated alkanes) is 1. The molecular weight excluding hydrogens is 410 g/mol. The normalized spacial score (nSPS) is 10.3. The largest absolute Gasteiger partial charge is 0.384 e. The van der Waals surface area contributed by atoms with Gasteiger partial charge in [0, 0.05) is 31.1 Å². The molecule has 0 aliphatic carbocycles. The summed E-state index contributed by atoms with van der Waals surface area (Å²) in [6, 6.07) is 8.33. The Morgan fingerprint density at radius 3 is 2.63 bits per heavy atom. The number of carbonyl (C=O) groups is 1. The number of nitrogens with zero attached hydrogens (tertiary/aromatic N) is 5. The molecule has 0 saturated heterocycles. The van der Waals surface area contributed by atoms with Crippen LogP contribution in [0.3, 0.4) is 0 Å². The van der Waals surface area contributed by atoms with Crippen LogP contribution in [0.15, 0.2) is 35.1 Å². The SMILES string of the molecule is Cl.Cn1nc(-c2ccc(C(=N)N)cc2)cc(C(=O)NCCCCc2nn[nH]n2)c1=O. The summed E-state index contributed by atoms with van der Waals surface area (Å²) in [5.74, 6) is 0.137. The van der Waals surface area contributed by atoms with Crippen molar-refractivity contribution in [3.8, 4) is 11.3 Å². The first-order valence-electron chi connectivity index (χ1n) is 8.99. The maximum absolute atomic E-state index is 12.5. The number of halogens is 1. The zero-order valence-electron chi connectivity index (χ0n) is 16.3. The van der Waals surface area contributed by atoms with Crippen LogP contribution in [0.25, 0.3) is 11.3 Å². The predicted molar refractivity (Wildman–Crippen MR) is 113 cm³/mol. The zero-order valence-corrected chi connectivity index (χ0v) is 17.1. The predicted octanol–water partition coefficient (Wildman–Crippen LogP) is 0.419. The van der Waals surface area contributed by atoms with Crippen LogP contribution in [0.1, 0.15) is 34.6 Å². The van der Waals surface area contributed by atoms with Crippen molar-refractivity contribution in [1.29, 1.82) is 5.41 Å². The fourth-order valence-corrected chi connectivity index (χ4v) is 2.73. The number of aromatic nitrogens is 6. The van der Waals surface area contributed by atoms with Gasteiger partial charge < -0.3 is 11.1 Å². The van der Waals surface area contributed by atoms with Crippen LogP contribution in [0.5, 0.6) is 0 Å². The number of rotatable bonds is 8. The second-order valence-electron chi connectivity index (χ2n) is 6.40. The molecule has 0 spiro atoms. The highest BCUT2D eigenvalue weighted by Gasteiger charge is 2.15. The van der Waals surface area contributed by atoms with E-state index in [-0.39, 0.29) is 23.8 Å². The number of amides is 1. The van der Waals surface area contributed by atoms with Gasteiger partial charge in [-0.15, -0.1) is 22.6 Å². The van der Waals surface area contributed by atoms with Gasteiger partial charge in [-0.1, -0.05) is 29.5 Å². The van der Waals surface area contributed by atoms with E-state index in [1.54, 1.807) is 24.3 Å². The summed E-state index contributed by atoms with van der Waals surface area (Å²) < 4.78 is 1.14. The number of aryl methyl sites for hydroxylation is 2. The van der Waals surface area contributed by atoms with E-state index in [9.17, 15) is 9.59 Å². The standard InChI is InChI=1S/C18H21N9O2.ClH/c1-27-18(29)13(17(28)21-9-3-2-4-15-22-25-26-23-15)10-14(24-27)11-5-7-12(8-6-11)16(19)20;/h5-8,10H,2-4,9H2,1H3,(H3,19,20)(H,21,28)(H,22,23,25,26);1H. The molecule has 0 aliphatic rings. The van der Waals surface area contributed by atoms with Gasteiger partial charge in [0.15, 0.2) is 5.82 Å². The molecule has 0 radical (unpaired) electrons. The lowest BCUT2D eigenvalue weighted by Gasteiger charge is -2.09. The molecule has 0 aliphatic heterocycles. The highest BCUT2D eigenvalue weighted by Crippen LogP contribution is 2.17. The van der Waals surface area contributed by atoms with E-state index < -0.39 is 11.5 Å². The van der Waals surface area contributed by atoms with Crippen LogP contribution in [0.4, 0.5) is 0 Å². The Morgan fingerprint density at radius 1 is 1.27 bits per heavy atom. The molecule has 0 bridgehead atoms. The monoisotopic (exact) mass is 431 g/mol. The molecule has 12 heteroatoms. The van der Waals surface area contributed by atoms with E-state index in [2.05, 4.69) is 31.0 Å². The lowest BCUT2D eigenvalue weighted by atomic mass is 10.1. The van der Waals surface area contributed by atoms with Crippen LogP contribution in [-0.2, 0) is 13.5 Å². The van der Waals surface area contributed by atoms with Crippen molar-refractivity contribution < 1.29 is 4.79 Å². The van der Waals surface area contributed by atoms with E-state index in [1.807, 2.05) is 0 Å². The van der Waals surface area contributed by atoms with Crippen molar-refractivity contribution in [2.24, 2.45) is 12.8 Å². The van der Waals surface area contributed by atoms with Gasteiger partial charge in [-0.05, 0) is 18.9 Å². The lowest BCUT2D eigenvalue weighted by Crippen LogP contribution is -2.33. The number of hydrogen-bond donors (Lipinski definition) is 4. The van der Waals surface area contributed by atoms with Crippen molar-refractivity contribution >= 4 is 24.1 Å². The maximum Gasteiger partial charge on any atom is 0.279 e. The van der Waals surface area contributed by atoms with Crippen LogP contribution < -0.4 is 16.6 Å². The van der Waals surface area contributed by atoms with Gasteiger partial charge in [-0.2, -0.15) is 10.3 Å². The highest BCUT2D eigenvalue weighted by molar-refractivity contribution is 5.96. The molecule has 1 aromatic carbocycles. The summed E-state index contributed by atoms with van der Waals surface area (Å²) in [6.07, 6.45) is 2.15. The maximum atomic E-state index is 12.5. The van der Waals surface area contributed by atoms with Crippen LogP contribution >= 0.6 is 12.4 Å². The molecule has 3 rings (SSSR count). The number of H-pyrrole nitrogens is 1. The van der Waals surface area contributed by atoms with Gasteiger partial charge in [0.1, 0.15) is 11.4 Å². The minimum Gasteiger partial charge on any atom is -0.384 e. The Morgan fingerprint density at radius 2 is 2.00 bits per heavy atom. The van der Waals surface area contributed by atoms with Crippen LogP contribution in [0, 0.1) is 5.41 Å². The highest BCUT2D eigenvalue weighted by atomic mass is 35.5. The molecule has 1 amide bonds. The fraction of sp³-hybridized carbons (Fsp3) is 0.278. The summed E-state index contributed by atoms with van der Waals surface area (Å²) in [5, 5.41) is 28.0. The minimum absolute atomic E-state index is 0. The van der Waals surface area contributed by atoms with E-state index >= 15 is 0 Å². The van der Waals surface area contributed by atoms with Crippen LogP contribution in [0.2, 0.25) is 0 Å². The molecule has 0 saturated carbocycles. The smallest absolute Gasteiger partial charge is 0.279 e. The van der Waals surface area contributed by atoms with Crippen molar-refractivity contribution in [1.82, 2.24) is 35.7 Å². The number of hydrogen-bond acceptors (Lipinski definition) is 7. The number of nitrogens with one attached hydrogen (secondary N) is 3. The van der Waals surface area contributed by atoms with Gasteiger partial charge >= 0.3 is 0 Å². The first-order chi connectivity index (χ1) is 14.0. The number of aromatic amines is 1. The van der Waals surface area contributed by atoms with Gasteiger partial charge in [0.05, 0.1) is 5.69 Å². The third kappa shape index (κ3) is 5.47. The first kappa shape index (κ1) is 22.7. The number of benzene rings is 1. The van der Waals surface area contributed by atoms with E-state index in [0.717, 1.165) is 11.1 Å². The van der Waals surface area contributed by atoms with Gasteiger partial charge in [0.25, 0.3) is 11.5 Å². The Bertz CT molecular complexity index is 1060. The second-order valence-corrected chi connectivity index (χ2v) is 6.40. The van der Waals surface area contributed by atoms with Gasteiger partial charge in [-0.25, -0.2) is 4.68 Å². The third-order valence-electron chi connectivity index (χ3n) is 4.30. The zero-order chi connectivity index (χ0) is 20.8. The molecule has 158 valence electrons. The number of carbonyl (C=O) groups excluding carboxylic acids is 1. The molecule has 0 unspecified atom stereocenters. The van der Waals surface area contributed by atoms with Gasteiger partial charge in [-0.3, -0.25) is 15.0 Å². The molecule has 0 atom stereocenters. The quantitative estimate of drug-likeness (QED) is 0.227. The average Bonchev–Trinajstić information content (AvgIpc) is 3.23. The number of nitrogens with two attached hydrogens (primary N) is 1. The molecule has 0 fully saturated rings. The topological polar surface area (TPSA) is 168 Å². The summed E-state index contributed by atoms with van der Waals surface area (Å²) in [4.78, 5) is 24.8. The van der Waals surface area contributed by atoms with E-state index in [0.29, 0.717) is 42.0 Å². The number of nitrogen functional groups attached to an aromatic ring is 1. The molecule has 11 nitrogen and oxygen atoms in total. The molecular formula is C18H22ClN9O2. The summed E-state index contributed by atoms with van der Waals surface area (Å²) in [7, 11) is 1.50. The Kier molecular flexibility index (Phi) is 7.76. The van der Waals surface area contributed by atoms with Gasteiger partial charge in [0.2, 0.25) is 0 Å². The van der Waals surface area contributed by atoms with E-state index in [1.165, 1.54) is 13.1 Å². The first-order valence-corrected chi connectivity index (χ1v) is 8.99. The molecule has 2 aromatic heterocycles. The van der Waals surface area contributed by atoms with Crippen molar-refractivity contribution in [2.45, 2.75) is 19.3 Å². The molecule has 2 heterocycles. The summed E-state index contributed by atoms with van der Waals surface area (Å²) in [5.41, 5.74) is 6.77. The Labute approximate surface area is 178 Å². The third-order valence-corrected chi connectivity index (χ3v) is 4.30. The minimum atomic E-state index is -0.474. The molecule has 5 N–H and O–H groups in total. The summed E-state index contributed by atoms with van der Waals surface area (Å²) in [6.45, 7) is 0.421. The Hall–Kier alpha value is -3.60. The number of tetrazole rings is 1. The average molecular weight is 432 g/mol. The Balaban J connectivity index is 0.00000320. The second kappa shape index (κ2) is 10.3. The van der Waals surface area contributed by atoms with Crippen molar-refractivity contribution in [3.05, 3.63) is 57.6 Å². The molecule has 30 heavy (non-hydrogen) atoms. The van der Waals surface area contributed by atoms with Crippen LogP contribution in [-0.4, -0.2) is 48.7 Å².